The molecule has 2 unspecified atom stereocenters. The van der Waals surface area contributed by atoms with E-state index in [-0.39, 0.29) is 40.6 Å². The van der Waals surface area contributed by atoms with Crippen molar-refractivity contribution in [2.45, 2.75) is 70.3 Å². The van der Waals surface area contributed by atoms with Gasteiger partial charge in [-0.05, 0) is 63.6 Å². The van der Waals surface area contributed by atoms with Gasteiger partial charge < -0.3 is 20.4 Å². The molecule has 0 spiro atoms. The fourth-order valence-electron chi connectivity index (χ4n) is 6.94. The Labute approximate surface area is 269 Å². The first kappa shape index (κ1) is 34.5. The molecule has 2 heterocycles. The Hall–Kier alpha value is -3.81. The van der Waals surface area contributed by atoms with Gasteiger partial charge in [0.05, 0.1) is 23.2 Å². The molecule has 3 fully saturated rings. The lowest BCUT2D eigenvalue weighted by atomic mass is 9.84. The highest BCUT2D eigenvalue weighted by Crippen LogP contribution is 2.40. The fourth-order valence-corrected chi connectivity index (χ4v) is 6.94. The molecule has 4 atom stereocenters. The van der Waals surface area contributed by atoms with Crippen LogP contribution in [0.3, 0.4) is 0 Å². The van der Waals surface area contributed by atoms with Crippen LogP contribution in [0.2, 0.25) is 0 Å². The lowest BCUT2D eigenvalue weighted by molar-refractivity contribution is -0.197. The first-order valence-corrected chi connectivity index (χ1v) is 15.8. The smallest absolute Gasteiger partial charge is 0.367 e. The van der Waals surface area contributed by atoms with E-state index >= 15 is 13.2 Å². The van der Waals surface area contributed by atoms with E-state index in [1.807, 2.05) is 20.9 Å². The number of piperidine rings is 1. The number of amides is 3. The van der Waals surface area contributed by atoms with E-state index in [0.29, 0.717) is 13.1 Å². The van der Waals surface area contributed by atoms with Crippen LogP contribution < -0.4 is 15.5 Å². The molecule has 1 aliphatic carbocycles. The first-order chi connectivity index (χ1) is 22.1. The monoisotopic (exact) mass is 667 g/mol. The Morgan fingerprint density at radius 3 is 2.13 bits per heavy atom. The summed E-state index contributed by atoms with van der Waals surface area (Å²) in [7, 11) is 3.41. The highest BCUT2D eigenvalue weighted by Gasteiger charge is 2.50. The van der Waals surface area contributed by atoms with Gasteiger partial charge in [0.25, 0.3) is 5.91 Å². The molecular formula is C33H39F6N5O3. The Morgan fingerprint density at radius 2 is 1.55 bits per heavy atom. The second kappa shape index (κ2) is 13.4. The molecule has 8 nitrogen and oxygen atoms in total. The van der Waals surface area contributed by atoms with Crippen LogP contribution in [0.15, 0.2) is 24.3 Å². The number of nitrogens with one attached hydrogen (secondary N) is 2. The van der Waals surface area contributed by atoms with E-state index < -0.39 is 71.7 Å². The van der Waals surface area contributed by atoms with E-state index in [1.54, 1.807) is 4.90 Å². The third-order valence-electron chi connectivity index (χ3n) is 9.97. The van der Waals surface area contributed by atoms with Crippen LogP contribution >= 0.6 is 0 Å². The maximum absolute atomic E-state index is 15.9. The average Bonchev–Trinajstić information content (AvgIpc) is 3.54. The van der Waals surface area contributed by atoms with Gasteiger partial charge in [-0.25, -0.2) is 13.2 Å². The van der Waals surface area contributed by atoms with Crippen LogP contribution in [0.1, 0.15) is 56.3 Å². The number of rotatable bonds is 6. The number of hydrogen-bond acceptors (Lipinski definition) is 5. The van der Waals surface area contributed by atoms with Crippen LogP contribution in [0.25, 0.3) is 11.1 Å². The summed E-state index contributed by atoms with van der Waals surface area (Å²) in [5.74, 6) is -9.91. The number of halogens is 6. The summed E-state index contributed by atoms with van der Waals surface area (Å²) >= 11 is 0. The molecule has 2 saturated heterocycles. The zero-order valence-electron chi connectivity index (χ0n) is 26.7. The van der Waals surface area contributed by atoms with E-state index in [2.05, 4.69) is 15.5 Å². The van der Waals surface area contributed by atoms with Gasteiger partial charge in [-0.1, -0.05) is 12.8 Å². The predicted molar refractivity (Wildman–Crippen MR) is 164 cm³/mol. The van der Waals surface area contributed by atoms with Gasteiger partial charge in [0, 0.05) is 56.8 Å². The van der Waals surface area contributed by atoms with Gasteiger partial charge in [0.2, 0.25) is 11.8 Å². The second-order valence-electron chi connectivity index (χ2n) is 13.0. The predicted octanol–water partition coefficient (Wildman–Crippen LogP) is 5.57. The van der Waals surface area contributed by atoms with Gasteiger partial charge in [0.15, 0.2) is 0 Å². The minimum Gasteiger partial charge on any atom is -0.367 e. The SMILES string of the molecule is C[C@@H]1CN(c2cc(F)c(-c3cc(F)c(C(=O)N(C)C4CCCC4)c(F)c3)cc2NC(=O)C2CNC(=O)CC2C(F)(F)F)C[C@H](C)N1C. The van der Waals surface area contributed by atoms with Crippen molar-refractivity contribution in [3.05, 3.63) is 47.3 Å². The number of carbonyl (C=O) groups excluding carboxylic acids is 3. The summed E-state index contributed by atoms with van der Waals surface area (Å²) < 4.78 is 88.4. The van der Waals surface area contributed by atoms with Gasteiger partial charge in [-0.3, -0.25) is 19.3 Å². The molecule has 2 aromatic rings. The Bertz CT molecular complexity index is 1510. The number of carbonyl (C=O) groups is 3. The van der Waals surface area contributed by atoms with Crippen LogP contribution in [-0.2, 0) is 9.59 Å². The summed E-state index contributed by atoms with van der Waals surface area (Å²) in [5.41, 5.74) is -1.25. The van der Waals surface area contributed by atoms with Crippen molar-refractivity contribution >= 4 is 29.1 Å². The standard InChI is InChI=1S/C33H39F6N5O3/c1-17-15-44(16-18(2)42(17)3)28-13-24(34)21(11-27(28)41-31(46)22-14-40-29(45)12-23(22)33(37,38)39)19-9-25(35)30(26(36)10-19)32(47)43(4)20-7-5-6-8-20/h9-11,13,17-18,20,22-23H,5-8,12,14-16H2,1-4H3,(H,40,45)(H,41,46)/t17-,18+,22?,23?. The maximum Gasteiger partial charge on any atom is 0.393 e. The molecule has 2 aliphatic heterocycles. The summed E-state index contributed by atoms with van der Waals surface area (Å²) in [6.45, 7) is 4.12. The largest absolute Gasteiger partial charge is 0.393 e. The second-order valence-corrected chi connectivity index (χ2v) is 13.0. The van der Waals surface area contributed by atoms with Gasteiger partial charge in [-0.15, -0.1) is 0 Å². The molecule has 0 aromatic heterocycles. The van der Waals surface area contributed by atoms with Gasteiger partial charge in [0.1, 0.15) is 23.0 Å². The molecule has 2 aromatic carbocycles. The van der Waals surface area contributed by atoms with Crippen molar-refractivity contribution in [2.24, 2.45) is 11.8 Å². The fraction of sp³-hybridized carbons (Fsp3) is 0.545. The average molecular weight is 668 g/mol. The van der Waals surface area contributed by atoms with Crippen molar-refractivity contribution in [1.29, 1.82) is 0 Å². The van der Waals surface area contributed by atoms with Crippen molar-refractivity contribution in [3.63, 3.8) is 0 Å². The normalized spacial score (nSPS) is 24.3. The number of likely N-dealkylation sites (N-methyl/N-ethyl adjacent to an activating group) is 1. The summed E-state index contributed by atoms with van der Waals surface area (Å²) in [5, 5.41) is 4.82. The van der Waals surface area contributed by atoms with Crippen molar-refractivity contribution < 1.29 is 40.7 Å². The number of nitrogens with zero attached hydrogens (tertiary/aromatic N) is 3. The third-order valence-corrected chi connectivity index (χ3v) is 9.97. The lowest BCUT2D eigenvalue weighted by Gasteiger charge is -2.44. The summed E-state index contributed by atoms with van der Waals surface area (Å²) in [6.07, 6.45) is -2.51. The molecule has 0 bridgehead atoms. The molecule has 3 aliphatic rings. The molecule has 47 heavy (non-hydrogen) atoms. The number of alkyl halides is 3. The topological polar surface area (TPSA) is 85.0 Å². The molecule has 3 amide bonds. The molecule has 1 saturated carbocycles. The van der Waals surface area contributed by atoms with Gasteiger partial charge >= 0.3 is 6.18 Å². The molecule has 256 valence electrons. The van der Waals surface area contributed by atoms with E-state index in [0.717, 1.165) is 49.9 Å². The zero-order valence-corrected chi connectivity index (χ0v) is 26.7. The van der Waals surface area contributed by atoms with Crippen LogP contribution in [0, 0.1) is 29.3 Å². The molecular weight excluding hydrogens is 628 g/mol. The molecule has 14 heteroatoms. The minimum atomic E-state index is -4.83. The Kier molecular flexibility index (Phi) is 9.82. The number of benzene rings is 2. The number of anilines is 2. The van der Waals surface area contributed by atoms with E-state index in [1.165, 1.54) is 11.9 Å². The van der Waals surface area contributed by atoms with Gasteiger partial charge in [-0.2, -0.15) is 13.2 Å². The van der Waals surface area contributed by atoms with Crippen molar-refractivity contribution in [1.82, 2.24) is 15.1 Å². The highest BCUT2D eigenvalue weighted by atomic mass is 19.4. The maximum atomic E-state index is 15.9. The van der Waals surface area contributed by atoms with Crippen LogP contribution in [-0.4, -0.2) is 85.6 Å². The third kappa shape index (κ3) is 7.07. The Morgan fingerprint density at radius 1 is 0.957 bits per heavy atom. The lowest BCUT2D eigenvalue weighted by Crippen LogP contribution is -2.55. The number of hydrogen-bond donors (Lipinski definition) is 2. The highest BCUT2D eigenvalue weighted by molar-refractivity contribution is 5.99. The van der Waals surface area contributed by atoms with E-state index in [4.69, 9.17) is 0 Å². The molecule has 2 N–H and O–H groups in total. The van der Waals surface area contributed by atoms with Crippen molar-refractivity contribution in [3.8, 4) is 11.1 Å². The molecule has 0 radical (unpaired) electrons. The van der Waals surface area contributed by atoms with E-state index in [9.17, 15) is 27.6 Å². The Balaban J connectivity index is 1.54. The summed E-state index contributed by atoms with van der Waals surface area (Å²) in [6, 6.07) is 3.72. The first-order valence-electron chi connectivity index (χ1n) is 15.8. The minimum absolute atomic E-state index is 0.0103. The van der Waals surface area contributed by atoms with Crippen LogP contribution in [0.4, 0.5) is 37.7 Å². The molecule has 5 rings (SSSR count). The number of piperazine rings is 1. The zero-order chi connectivity index (χ0) is 34.4. The quantitative estimate of drug-likeness (QED) is 0.394. The van der Waals surface area contributed by atoms with Crippen LogP contribution in [0.5, 0.6) is 0 Å². The van der Waals surface area contributed by atoms with Crippen molar-refractivity contribution in [2.75, 3.05) is 43.9 Å². The summed E-state index contributed by atoms with van der Waals surface area (Å²) in [4.78, 5) is 43.5.